The fourth-order valence-corrected chi connectivity index (χ4v) is 2.98. The van der Waals surface area contributed by atoms with Gasteiger partial charge in [-0.05, 0) is 25.5 Å². The normalized spacial score (nSPS) is 11.7. The van der Waals surface area contributed by atoms with Gasteiger partial charge in [-0.1, -0.05) is 0 Å². The van der Waals surface area contributed by atoms with Gasteiger partial charge in [-0.3, -0.25) is 4.99 Å². The molecule has 2 heterocycles. The number of halogens is 4. The molecule has 0 unspecified atom stereocenters. The first-order valence-electron chi connectivity index (χ1n) is 7.78. The lowest BCUT2D eigenvalue weighted by molar-refractivity contribution is -0.154. The predicted molar refractivity (Wildman–Crippen MR) is 110 cm³/mol. The second-order valence-electron chi connectivity index (χ2n) is 5.43. The highest BCUT2D eigenvalue weighted by Crippen LogP contribution is 2.18. The quantitative estimate of drug-likeness (QED) is 0.350. The second kappa shape index (κ2) is 10.6. The van der Waals surface area contributed by atoms with Crippen molar-refractivity contribution in [2.45, 2.75) is 33.1 Å². The lowest BCUT2D eigenvalue weighted by atomic mass is 10.2. The summed E-state index contributed by atoms with van der Waals surface area (Å²) < 4.78 is 41.3. The van der Waals surface area contributed by atoms with Crippen molar-refractivity contribution in [2.24, 2.45) is 4.99 Å². The third-order valence-electron chi connectivity index (χ3n) is 3.28. The Morgan fingerprint density at radius 2 is 1.96 bits per heavy atom. The summed E-state index contributed by atoms with van der Waals surface area (Å²) in [4.78, 5) is 13.4. The number of rotatable bonds is 6. The second-order valence-corrected chi connectivity index (χ2v) is 6.71. The van der Waals surface area contributed by atoms with E-state index < -0.39 is 12.8 Å². The molecular weight excluding hydrogens is 494 g/mol. The van der Waals surface area contributed by atoms with Gasteiger partial charge in [-0.15, -0.1) is 35.3 Å². The molecule has 0 spiro atoms. The number of pyridine rings is 1. The third kappa shape index (κ3) is 8.28. The Bertz CT molecular complexity index is 767. The number of alkyl halides is 3. The molecule has 0 saturated heterocycles. The van der Waals surface area contributed by atoms with Crippen molar-refractivity contribution in [2.75, 3.05) is 13.7 Å². The van der Waals surface area contributed by atoms with Crippen LogP contribution in [0.4, 0.5) is 13.2 Å². The molecule has 0 radical (unpaired) electrons. The van der Waals surface area contributed by atoms with Gasteiger partial charge in [0.2, 0.25) is 5.88 Å². The van der Waals surface area contributed by atoms with Crippen LogP contribution in [-0.2, 0) is 13.1 Å². The molecule has 0 fully saturated rings. The first kappa shape index (κ1) is 23.4. The number of ether oxygens (including phenoxy) is 1. The van der Waals surface area contributed by atoms with Crippen LogP contribution in [0.15, 0.2) is 23.3 Å². The molecule has 0 aliphatic heterocycles. The van der Waals surface area contributed by atoms with Gasteiger partial charge in [0.05, 0.1) is 17.2 Å². The molecule has 0 aromatic carbocycles. The molecule has 2 rings (SSSR count). The molecule has 150 valence electrons. The Kier molecular flexibility index (Phi) is 9.22. The standard InChI is InChI=1S/C16H20F3N5OS.HI/c1-10-13(26-11(2)24-10)8-23-15(20-3)22-7-12-4-5-21-14(6-12)25-9-16(17,18)19;/h4-6H,7-9H2,1-3H3,(H2,20,22,23);1H. The van der Waals surface area contributed by atoms with Gasteiger partial charge in [0.1, 0.15) is 0 Å². The summed E-state index contributed by atoms with van der Waals surface area (Å²) in [5.41, 5.74) is 1.71. The minimum absolute atomic E-state index is 0. The summed E-state index contributed by atoms with van der Waals surface area (Å²) >= 11 is 1.62. The van der Waals surface area contributed by atoms with Crippen molar-refractivity contribution in [1.82, 2.24) is 20.6 Å². The lowest BCUT2D eigenvalue weighted by Gasteiger charge is -2.12. The molecule has 2 aromatic heterocycles. The number of aliphatic imine (C=N–C) groups is 1. The van der Waals surface area contributed by atoms with Crippen molar-refractivity contribution < 1.29 is 17.9 Å². The summed E-state index contributed by atoms with van der Waals surface area (Å²) in [5, 5.41) is 7.29. The number of aromatic nitrogens is 2. The van der Waals surface area contributed by atoms with E-state index in [0.717, 1.165) is 21.1 Å². The highest BCUT2D eigenvalue weighted by molar-refractivity contribution is 14.0. The lowest BCUT2D eigenvalue weighted by Crippen LogP contribution is -2.36. The molecule has 0 aliphatic carbocycles. The molecule has 0 aliphatic rings. The Morgan fingerprint density at radius 1 is 1.26 bits per heavy atom. The van der Waals surface area contributed by atoms with Crippen molar-refractivity contribution >= 4 is 41.3 Å². The van der Waals surface area contributed by atoms with E-state index in [9.17, 15) is 13.2 Å². The molecule has 2 N–H and O–H groups in total. The predicted octanol–water partition coefficient (Wildman–Crippen LogP) is 3.58. The molecule has 11 heteroatoms. The van der Waals surface area contributed by atoms with E-state index >= 15 is 0 Å². The molecule has 27 heavy (non-hydrogen) atoms. The number of thiazole rings is 1. The van der Waals surface area contributed by atoms with Gasteiger partial charge in [-0.2, -0.15) is 13.2 Å². The fourth-order valence-electron chi connectivity index (χ4n) is 2.10. The average molecular weight is 515 g/mol. The van der Waals surface area contributed by atoms with E-state index in [4.69, 9.17) is 0 Å². The molecule has 0 atom stereocenters. The van der Waals surface area contributed by atoms with E-state index in [-0.39, 0.29) is 29.9 Å². The number of nitrogens with zero attached hydrogens (tertiary/aromatic N) is 3. The largest absolute Gasteiger partial charge is 0.468 e. The summed E-state index contributed by atoms with van der Waals surface area (Å²) in [5.74, 6) is 0.505. The molecule has 0 amide bonds. The number of nitrogens with one attached hydrogen (secondary N) is 2. The molecule has 0 saturated carbocycles. The Balaban J connectivity index is 0.00000364. The van der Waals surface area contributed by atoms with Gasteiger partial charge in [-0.25, -0.2) is 9.97 Å². The van der Waals surface area contributed by atoms with Crippen LogP contribution in [-0.4, -0.2) is 35.8 Å². The highest BCUT2D eigenvalue weighted by Gasteiger charge is 2.28. The first-order valence-corrected chi connectivity index (χ1v) is 8.60. The van der Waals surface area contributed by atoms with Crippen LogP contribution in [0.25, 0.3) is 0 Å². The Morgan fingerprint density at radius 3 is 2.56 bits per heavy atom. The van der Waals surface area contributed by atoms with Gasteiger partial charge < -0.3 is 15.4 Å². The summed E-state index contributed by atoms with van der Waals surface area (Å²) in [6.45, 7) is 3.50. The molecule has 6 nitrogen and oxygen atoms in total. The highest BCUT2D eigenvalue weighted by atomic mass is 127. The van der Waals surface area contributed by atoms with Gasteiger partial charge in [0.25, 0.3) is 0 Å². The van der Waals surface area contributed by atoms with E-state index in [2.05, 4.69) is 30.3 Å². The minimum atomic E-state index is -4.39. The van der Waals surface area contributed by atoms with Crippen LogP contribution in [0.5, 0.6) is 5.88 Å². The van der Waals surface area contributed by atoms with Crippen molar-refractivity contribution in [3.05, 3.63) is 39.5 Å². The molecular formula is C16H21F3IN5OS. The van der Waals surface area contributed by atoms with Crippen molar-refractivity contribution in [3.8, 4) is 5.88 Å². The van der Waals surface area contributed by atoms with Gasteiger partial charge in [0, 0.05) is 30.7 Å². The van der Waals surface area contributed by atoms with Gasteiger partial charge >= 0.3 is 6.18 Å². The average Bonchev–Trinajstić information content (AvgIpc) is 2.90. The van der Waals surface area contributed by atoms with E-state index in [1.165, 1.54) is 12.3 Å². The van der Waals surface area contributed by atoms with Crippen LogP contribution < -0.4 is 15.4 Å². The zero-order chi connectivity index (χ0) is 19.2. The summed E-state index contributed by atoms with van der Waals surface area (Å²) in [7, 11) is 1.64. The zero-order valence-electron chi connectivity index (χ0n) is 15.1. The number of hydrogen-bond acceptors (Lipinski definition) is 5. The van der Waals surface area contributed by atoms with Crippen molar-refractivity contribution in [3.63, 3.8) is 0 Å². The summed E-state index contributed by atoms with van der Waals surface area (Å²) in [6, 6.07) is 3.15. The van der Waals surface area contributed by atoms with Crippen LogP contribution in [0.1, 0.15) is 21.1 Å². The monoisotopic (exact) mass is 515 g/mol. The topological polar surface area (TPSA) is 71.4 Å². The molecule has 2 aromatic rings. The third-order valence-corrected chi connectivity index (χ3v) is 4.36. The number of hydrogen-bond donors (Lipinski definition) is 2. The number of guanidine groups is 1. The van der Waals surface area contributed by atoms with E-state index in [1.807, 2.05) is 13.8 Å². The summed E-state index contributed by atoms with van der Waals surface area (Å²) in [6.07, 6.45) is -2.99. The maximum Gasteiger partial charge on any atom is 0.422 e. The van der Waals surface area contributed by atoms with Crippen LogP contribution in [0, 0.1) is 13.8 Å². The van der Waals surface area contributed by atoms with Crippen molar-refractivity contribution in [1.29, 1.82) is 0 Å². The van der Waals surface area contributed by atoms with Crippen LogP contribution in [0.3, 0.4) is 0 Å². The van der Waals surface area contributed by atoms with E-state index in [1.54, 1.807) is 24.5 Å². The minimum Gasteiger partial charge on any atom is -0.468 e. The zero-order valence-corrected chi connectivity index (χ0v) is 18.2. The Hall–Kier alpha value is -1.63. The van der Waals surface area contributed by atoms with Crippen LogP contribution >= 0.6 is 35.3 Å². The van der Waals surface area contributed by atoms with E-state index in [0.29, 0.717) is 19.0 Å². The maximum absolute atomic E-state index is 12.2. The maximum atomic E-state index is 12.2. The number of aryl methyl sites for hydroxylation is 2. The Labute approximate surface area is 176 Å². The first-order chi connectivity index (χ1) is 12.3. The van der Waals surface area contributed by atoms with Crippen LogP contribution in [0.2, 0.25) is 0 Å². The fraction of sp³-hybridized carbons (Fsp3) is 0.438. The van der Waals surface area contributed by atoms with Gasteiger partial charge in [0.15, 0.2) is 12.6 Å². The SMILES string of the molecule is CN=C(NCc1ccnc(OCC(F)(F)F)c1)NCc1sc(C)nc1C.I. The molecule has 0 bridgehead atoms. The smallest absolute Gasteiger partial charge is 0.422 e.